The fourth-order valence-corrected chi connectivity index (χ4v) is 2.85. The first-order chi connectivity index (χ1) is 8.57. The predicted octanol–water partition coefficient (Wildman–Crippen LogP) is 4.38. The highest BCUT2D eigenvalue weighted by atomic mass is 16.1. The van der Waals surface area contributed by atoms with Crippen LogP contribution in [0.15, 0.2) is 48.6 Å². The van der Waals surface area contributed by atoms with Gasteiger partial charge >= 0.3 is 0 Å². The molecule has 0 aromatic carbocycles. The van der Waals surface area contributed by atoms with Gasteiger partial charge in [0, 0.05) is 10.8 Å². The minimum Gasteiger partial charge on any atom is -0.298 e. The molecule has 2 aliphatic carbocycles. The van der Waals surface area contributed by atoms with Crippen molar-refractivity contribution in [3.8, 4) is 0 Å². The van der Waals surface area contributed by atoms with Gasteiger partial charge in [0.1, 0.15) is 0 Å². The first-order valence-electron chi connectivity index (χ1n) is 6.81. The van der Waals surface area contributed by atoms with E-state index in [2.05, 4.69) is 38.2 Å². The molecule has 2 rings (SSSR count). The zero-order chi connectivity index (χ0) is 13.1. The van der Waals surface area contributed by atoms with E-state index in [0.29, 0.717) is 5.78 Å². The Kier molecular flexibility index (Phi) is 3.70. The fraction of sp³-hybridized carbons (Fsp3) is 0.471. The Hall–Kier alpha value is -1.37. The van der Waals surface area contributed by atoms with Crippen molar-refractivity contribution >= 4 is 5.78 Å². The van der Waals surface area contributed by atoms with Gasteiger partial charge in [-0.1, -0.05) is 48.6 Å². The Bertz CT molecular complexity index is 399. The molecule has 0 saturated heterocycles. The number of allylic oxidation sites excluding steroid dienone is 8. The Morgan fingerprint density at radius 1 is 0.833 bits per heavy atom. The number of carbonyl (C=O) groups excluding carboxylic acids is 1. The maximum Gasteiger partial charge on any atom is 0.152 e. The zero-order valence-corrected chi connectivity index (χ0v) is 11.4. The van der Waals surface area contributed by atoms with Gasteiger partial charge in [-0.15, -0.1) is 0 Å². The molecular weight excluding hydrogens is 220 g/mol. The molecule has 1 nitrogen and oxygen atoms in total. The van der Waals surface area contributed by atoms with Gasteiger partial charge in [0.2, 0.25) is 0 Å². The van der Waals surface area contributed by atoms with Crippen molar-refractivity contribution < 1.29 is 4.79 Å². The van der Waals surface area contributed by atoms with Gasteiger partial charge in [-0.2, -0.15) is 0 Å². The van der Waals surface area contributed by atoms with Gasteiger partial charge in [-0.3, -0.25) is 4.79 Å². The monoisotopic (exact) mass is 242 g/mol. The summed E-state index contributed by atoms with van der Waals surface area (Å²) >= 11 is 0. The van der Waals surface area contributed by atoms with E-state index in [1.54, 1.807) is 0 Å². The lowest BCUT2D eigenvalue weighted by Gasteiger charge is -2.34. The largest absolute Gasteiger partial charge is 0.298 e. The number of hydrogen-bond acceptors (Lipinski definition) is 1. The van der Waals surface area contributed by atoms with Crippen molar-refractivity contribution in [1.82, 2.24) is 0 Å². The molecule has 0 bridgehead atoms. The minimum atomic E-state index is -0.326. The van der Waals surface area contributed by atoms with E-state index in [0.717, 1.165) is 25.7 Å². The lowest BCUT2D eigenvalue weighted by Crippen LogP contribution is -2.38. The average molecular weight is 242 g/mol. The molecular formula is C17H22O. The van der Waals surface area contributed by atoms with E-state index < -0.39 is 0 Å². The highest BCUT2D eigenvalue weighted by molar-refractivity contribution is 5.93. The Morgan fingerprint density at radius 3 is 1.72 bits per heavy atom. The van der Waals surface area contributed by atoms with Crippen molar-refractivity contribution in [2.75, 3.05) is 0 Å². The van der Waals surface area contributed by atoms with Crippen LogP contribution in [-0.4, -0.2) is 5.78 Å². The summed E-state index contributed by atoms with van der Waals surface area (Å²) in [4.78, 5) is 12.9. The van der Waals surface area contributed by atoms with Gasteiger partial charge < -0.3 is 0 Å². The number of rotatable bonds is 2. The first kappa shape index (κ1) is 13.1. The summed E-state index contributed by atoms with van der Waals surface area (Å²) in [5.74, 6) is 0.356. The first-order valence-corrected chi connectivity index (χ1v) is 6.81. The van der Waals surface area contributed by atoms with Crippen LogP contribution in [0.2, 0.25) is 0 Å². The maximum atomic E-state index is 12.9. The van der Waals surface area contributed by atoms with E-state index in [1.807, 2.05) is 24.3 Å². The Balaban J connectivity index is 2.24. The molecule has 0 amide bonds. The number of ketones is 1. The van der Waals surface area contributed by atoms with Crippen LogP contribution < -0.4 is 0 Å². The van der Waals surface area contributed by atoms with Crippen molar-refractivity contribution in [3.63, 3.8) is 0 Å². The van der Waals surface area contributed by atoms with Gasteiger partial charge in [-0.05, 0) is 39.5 Å². The molecule has 0 aromatic heterocycles. The lowest BCUT2D eigenvalue weighted by molar-refractivity contribution is -0.133. The van der Waals surface area contributed by atoms with Crippen LogP contribution in [0.1, 0.15) is 39.5 Å². The summed E-state index contributed by atoms with van der Waals surface area (Å²) in [6, 6.07) is 0. The molecule has 0 N–H and O–H groups in total. The maximum absolute atomic E-state index is 12.9. The summed E-state index contributed by atoms with van der Waals surface area (Å²) in [6.45, 7) is 4.16. The van der Waals surface area contributed by atoms with Gasteiger partial charge in [0.05, 0.1) is 0 Å². The molecule has 0 spiro atoms. The van der Waals surface area contributed by atoms with Crippen LogP contribution in [0.3, 0.4) is 0 Å². The second-order valence-corrected chi connectivity index (χ2v) is 5.82. The van der Waals surface area contributed by atoms with Crippen molar-refractivity contribution in [2.45, 2.75) is 39.5 Å². The average Bonchev–Trinajstić information content (AvgIpc) is 2.70. The van der Waals surface area contributed by atoms with Crippen molar-refractivity contribution in [2.24, 2.45) is 10.8 Å². The molecule has 18 heavy (non-hydrogen) atoms. The number of carbonyl (C=O) groups is 1. The molecule has 2 atom stereocenters. The normalized spacial score (nSPS) is 35.2. The fourth-order valence-electron chi connectivity index (χ4n) is 2.85. The minimum absolute atomic E-state index is 0.326. The topological polar surface area (TPSA) is 17.1 Å². The van der Waals surface area contributed by atoms with E-state index in [4.69, 9.17) is 0 Å². The zero-order valence-electron chi connectivity index (χ0n) is 11.4. The summed E-state index contributed by atoms with van der Waals surface area (Å²) in [7, 11) is 0. The smallest absolute Gasteiger partial charge is 0.152 e. The third-order valence-electron chi connectivity index (χ3n) is 4.12. The number of hydrogen-bond donors (Lipinski definition) is 0. The van der Waals surface area contributed by atoms with Crippen LogP contribution in [0.4, 0.5) is 0 Å². The summed E-state index contributed by atoms with van der Waals surface area (Å²) in [5.41, 5.74) is -0.653. The molecule has 2 aliphatic rings. The quantitative estimate of drug-likeness (QED) is 0.702. The van der Waals surface area contributed by atoms with Crippen LogP contribution in [-0.2, 0) is 4.79 Å². The molecule has 0 aliphatic heterocycles. The lowest BCUT2D eigenvalue weighted by atomic mass is 9.68. The van der Waals surface area contributed by atoms with Crippen LogP contribution in [0, 0.1) is 10.8 Å². The van der Waals surface area contributed by atoms with Crippen LogP contribution >= 0.6 is 0 Å². The molecule has 2 unspecified atom stereocenters. The van der Waals surface area contributed by atoms with Gasteiger partial charge in [-0.25, -0.2) is 0 Å². The van der Waals surface area contributed by atoms with Gasteiger partial charge in [0.15, 0.2) is 5.78 Å². The van der Waals surface area contributed by atoms with Crippen molar-refractivity contribution in [3.05, 3.63) is 48.6 Å². The molecule has 0 fully saturated rings. The second kappa shape index (κ2) is 5.09. The summed E-state index contributed by atoms with van der Waals surface area (Å²) in [6.07, 6.45) is 20.4. The van der Waals surface area contributed by atoms with Crippen molar-refractivity contribution in [1.29, 1.82) is 0 Å². The highest BCUT2D eigenvalue weighted by Gasteiger charge is 2.41. The third-order valence-corrected chi connectivity index (χ3v) is 4.12. The SMILES string of the molecule is CC1(C(=O)C2(C)C=CC=CCC2)C=CC=CCC1. The third kappa shape index (κ3) is 2.55. The Morgan fingerprint density at radius 2 is 1.28 bits per heavy atom. The van der Waals surface area contributed by atoms with E-state index in [9.17, 15) is 4.79 Å². The molecule has 0 aromatic rings. The van der Waals surface area contributed by atoms with E-state index >= 15 is 0 Å². The standard InChI is InChI=1S/C17H22O/c1-16(11-7-3-4-8-12-16)15(18)17(2)13-9-5-6-10-14-17/h3-7,9,11,13H,8,10,12,14H2,1-2H3. The number of Topliss-reactive ketones (excluding diaryl/α,β-unsaturated/α-hetero) is 1. The predicted molar refractivity (Wildman–Crippen MR) is 76.2 cm³/mol. The second-order valence-electron chi connectivity index (χ2n) is 5.82. The Labute approximate surface area is 110 Å². The van der Waals surface area contributed by atoms with E-state index in [-0.39, 0.29) is 10.8 Å². The van der Waals surface area contributed by atoms with Crippen LogP contribution in [0.5, 0.6) is 0 Å². The summed E-state index contributed by atoms with van der Waals surface area (Å²) < 4.78 is 0. The van der Waals surface area contributed by atoms with E-state index in [1.165, 1.54) is 0 Å². The van der Waals surface area contributed by atoms with Crippen LogP contribution in [0.25, 0.3) is 0 Å². The molecule has 0 radical (unpaired) electrons. The molecule has 0 saturated carbocycles. The molecule has 96 valence electrons. The summed E-state index contributed by atoms with van der Waals surface area (Å²) in [5, 5.41) is 0. The van der Waals surface area contributed by atoms with Gasteiger partial charge in [0.25, 0.3) is 0 Å². The molecule has 1 heteroatoms. The molecule has 0 heterocycles. The highest BCUT2D eigenvalue weighted by Crippen LogP contribution is 2.40.